The van der Waals surface area contributed by atoms with Gasteiger partial charge in [-0.25, -0.2) is 9.67 Å². The minimum Gasteiger partial charge on any atom is -0.342 e. The van der Waals surface area contributed by atoms with Crippen LogP contribution in [0.25, 0.3) is 0 Å². The van der Waals surface area contributed by atoms with E-state index in [-0.39, 0.29) is 23.2 Å². The summed E-state index contributed by atoms with van der Waals surface area (Å²) >= 11 is 12.4. The molecule has 129 valence electrons. The Kier molecular flexibility index (Phi) is 6.48. The Morgan fingerprint density at radius 3 is 2.87 bits per heavy atom. The van der Waals surface area contributed by atoms with Crippen molar-refractivity contribution in [2.24, 2.45) is 0 Å². The van der Waals surface area contributed by atoms with Crippen molar-refractivity contribution >= 4 is 23.2 Å². The molecule has 1 aromatic carbocycles. The minimum atomic E-state index is -0.963. The van der Waals surface area contributed by atoms with Crippen LogP contribution in [0.3, 0.4) is 0 Å². The van der Waals surface area contributed by atoms with Crippen LogP contribution in [0.15, 0.2) is 30.9 Å². The van der Waals surface area contributed by atoms with Gasteiger partial charge in [0, 0.05) is 27.7 Å². The predicted octanol–water partition coefficient (Wildman–Crippen LogP) is 3.65. The van der Waals surface area contributed by atoms with Crippen molar-refractivity contribution in [2.45, 2.75) is 38.2 Å². The van der Waals surface area contributed by atoms with Crippen LogP contribution >= 0.6 is 23.2 Å². The van der Waals surface area contributed by atoms with Gasteiger partial charge in [0.1, 0.15) is 19.2 Å². The maximum Gasteiger partial charge on any atom is 0.217 e. The van der Waals surface area contributed by atoms with Crippen molar-refractivity contribution in [1.82, 2.24) is 14.8 Å². The van der Waals surface area contributed by atoms with Gasteiger partial charge in [-0.15, -0.1) is 0 Å². The number of hydrogen-bond acceptors (Lipinski definition) is 4. The monoisotopic (exact) mass is 404 g/mol. The van der Waals surface area contributed by atoms with Crippen LogP contribution in [0.1, 0.15) is 25.3 Å². The second-order valence-electron chi connectivity index (χ2n) is 5.31. The van der Waals surface area contributed by atoms with Crippen molar-refractivity contribution in [3.8, 4) is 0 Å². The third kappa shape index (κ3) is 4.08. The van der Waals surface area contributed by atoms with Crippen molar-refractivity contribution in [2.75, 3.05) is 6.61 Å². The van der Waals surface area contributed by atoms with E-state index < -0.39 is 5.79 Å². The first-order chi connectivity index (χ1) is 10.6. The number of rotatable bonds is 5. The molecule has 0 saturated carbocycles. The van der Waals surface area contributed by atoms with Gasteiger partial charge in [0.2, 0.25) is 5.79 Å². The molecule has 1 aromatic heterocycles. The van der Waals surface area contributed by atoms with E-state index in [9.17, 15) is 0 Å². The molecule has 2 unspecified atom stereocenters. The summed E-state index contributed by atoms with van der Waals surface area (Å²) in [5, 5.41) is 5.24. The number of ether oxygens (including phenoxy) is 2. The Balaban J connectivity index is 0.00000192. The van der Waals surface area contributed by atoms with Crippen molar-refractivity contribution in [1.29, 1.82) is 0 Å². The Hall–Kier alpha value is -0.621. The van der Waals surface area contributed by atoms with Gasteiger partial charge in [-0.2, -0.15) is 5.10 Å². The fraction of sp³-hybridized carbons (Fsp3) is 0.467. The summed E-state index contributed by atoms with van der Waals surface area (Å²) in [5.41, 5.74) is 0.757. The van der Waals surface area contributed by atoms with Crippen molar-refractivity contribution < 1.29 is 26.5 Å². The third-order valence-corrected chi connectivity index (χ3v) is 4.20. The van der Waals surface area contributed by atoms with Gasteiger partial charge >= 0.3 is 0 Å². The summed E-state index contributed by atoms with van der Waals surface area (Å²) in [6, 6.07) is 5.32. The van der Waals surface area contributed by atoms with Gasteiger partial charge in [0.05, 0.1) is 17.7 Å². The zero-order valence-electron chi connectivity index (χ0n) is 12.5. The first kappa shape index (κ1) is 18.7. The number of halogens is 2. The molecule has 1 aliphatic rings. The number of hydrogen-bond donors (Lipinski definition) is 0. The molecule has 23 heavy (non-hydrogen) atoms. The van der Waals surface area contributed by atoms with Crippen LogP contribution in [0.2, 0.25) is 10.0 Å². The summed E-state index contributed by atoms with van der Waals surface area (Å²) in [4.78, 5) is 3.97. The molecule has 8 heteroatoms. The molecule has 2 heterocycles. The van der Waals surface area contributed by atoms with Gasteiger partial charge in [0.25, 0.3) is 0 Å². The van der Waals surface area contributed by atoms with Gasteiger partial charge in [-0.3, -0.25) is 0 Å². The molecular weight excluding hydrogens is 389 g/mol. The summed E-state index contributed by atoms with van der Waals surface area (Å²) in [7, 11) is 0. The van der Waals surface area contributed by atoms with E-state index in [1.807, 2.05) is 6.07 Å². The van der Waals surface area contributed by atoms with Crippen LogP contribution in [-0.2, 0) is 38.9 Å². The molecule has 2 atom stereocenters. The van der Waals surface area contributed by atoms with Gasteiger partial charge < -0.3 is 9.47 Å². The molecule has 0 amide bonds. The van der Waals surface area contributed by atoms with Crippen LogP contribution < -0.4 is 0 Å². The average Bonchev–Trinajstić information content (AvgIpc) is 3.10. The maximum absolute atomic E-state index is 6.37. The second kappa shape index (κ2) is 7.97. The summed E-state index contributed by atoms with van der Waals surface area (Å²) in [5.74, 6) is -0.963. The molecule has 1 fully saturated rings. The van der Waals surface area contributed by atoms with E-state index in [2.05, 4.69) is 17.0 Å². The first-order valence-electron chi connectivity index (χ1n) is 7.22. The molecule has 5 nitrogen and oxygen atoms in total. The van der Waals surface area contributed by atoms with E-state index in [1.54, 1.807) is 23.1 Å². The number of nitrogens with zero attached hydrogens (tertiary/aromatic N) is 3. The van der Waals surface area contributed by atoms with E-state index >= 15 is 0 Å². The van der Waals surface area contributed by atoms with Crippen LogP contribution in [0.5, 0.6) is 0 Å². The van der Waals surface area contributed by atoms with E-state index in [4.69, 9.17) is 32.7 Å². The molecule has 3 rings (SSSR count). The zero-order valence-corrected chi connectivity index (χ0v) is 15.0. The Labute approximate surface area is 155 Å². The van der Waals surface area contributed by atoms with Crippen molar-refractivity contribution in [3.63, 3.8) is 0 Å². The van der Waals surface area contributed by atoms with E-state index in [0.717, 1.165) is 18.4 Å². The van der Waals surface area contributed by atoms with Gasteiger partial charge in [-0.05, 0) is 18.6 Å². The SMILES string of the molecule is CCCC1COC(Cn2cncn2)(c2ccc(Cl)cc2Cl)O1.[Cu]. The topological polar surface area (TPSA) is 49.2 Å². The largest absolute Gasteiger partial charge is 0.342 e. The molecule has 1 aliphatic heterocycles. The zero-order chi connectivity index (χ0) is 15.6. The fourth-order valence-corrected chi connectivity index (χ4v) is 3.22. The summed E-state index contributed by atoms with van der Waals surface area (Å²) < 4.78 is 14.0. The molecule has 1 saturated heterocycles. The fourth-order valence-electron chi connectivity index (χ4n) is 2.66. The quantitative estimate of drug-likeness (QED) is 0.712. The smallest absolute Gasteiger partial charge is 0.217 e. The summed E-state index contributed by atoms with van der Waals surface area (Å²) in [6.45, 7) is 3.03. The second-order valence-corrected chi connectivity index (χ2v) is 6.15. The first-order valence-corrected chi connectivity index (χ1v) is 7.98. The Morgan fingerprint density at radius 2 is 2.22 bits per heavy atom. The number of aromatic nitrogens is 3. The molecule has 0 aliphatic carbocycles. The predicted molar refractivity (Wildman–Crippen MR) is 83.9 cm³/mol. The van der Waals surface area contributed by atoms with Crippen LogP contribution in [0, 0.1) is 0 Å². The Morgan fingerprint density at radius 1 is 1.39 bits per heavy atom. The van der Waals surface area contributed by atoms with Crippen LogP contribution in [0.4, 0.5) is 0 Å². The van der Waals surface area contributed by atoms with Gasteiger partial charge in [-0.1, -0.05) is 42.6 Å². The molecule has 0 bridgehead atoms. The number of benzene rings is 1. The van der Waals surface area contributed by atoms with E-state index in [0.29, 0.717) is 23.2 Å². The standard InChI is InChI=1S/C15H17Cl2N3O2.Cu/c1-2-3-12-7-21-15(22-12,8-20-10-18-9-19-20)13-5-4-11(16)6-14(13)17;/h4-6,9-10,12H,2-3,7-8H2,1H3;. The third-order valence-electron chi connectivity index (χ3n) is 3.65. The molecule has 0 spiro atoms. The normalized spacial score (nSPS) is 23.7. The average molecular weight is 406 g/mol. The van der Waals surface area contributed by atoms with Crippen molar-refractivity contribution in [3.05, 3.63) is 46.5 Å². The molecule has 0 N–H and O–H groups in total. The van der Waals surface area contributed by atoms with Gasteiger partial charge in [0.15, 0.2) is 0 Å². The molecule has 1 radical (unpaired) electrons. The minimum absolute atomic E-state index is 0. The summed E-state index contributed by atoms with van der Waals surface area (Å²) in [6.07, 6.45) is 5.12. The Bertz CT molecular complexity index is 642. The maximum atomic E-state index is 6.37. The van der Waals surface area contributed by atoms with Crippen LogP contribution in [-0.4, -0.2) is 27.5 Å². The molecular formula is C15H17Cl2CuN3O2. The molecule has 2 aromatic rings. The van der Waals surface area contributed by atoms with E-state index in [1.165, 1.54) is 6.33 Å².